The van der Waals surface area contributed by atoms with Crippen molar-refractivity contribution >= 4 is 6.29 Å². The molecule has 5 nitrogen and oxygen atoms in total. The van der Waals surface area contributed by atoms with E-state index in [-0.39, 0.29) is 18.3 Å². The highest BCUT2D eigenvalue weighted by molar-refractivity contribution is 5.51. The predicted octanol–water partition coefficient (Wildman–Crippen LogP) is 5.60. The Morgan fingerprint density at radius 2 is 1.58 bits per heavy atom. The second kappa shape index (κ2) is 12.4. The molecule has 2 bridgehead atoms. The molecule has 4 atom stereocenters. The monoisotopic (exact) mass is 452 g/mol. The van der Waals surface area contributed by atoms with E-state index in [1.165, 1.54) is 5.56 Å². The molecule has 2 aromatic carbocycles. The van der Waals surface area contributed by atoms with E-state index in [2.05, 4.69) is 24.3 Å². The minimum atomic E-state index is -0.741. The molecule has 0 spiro atoms. The van der Waals surface area contributed by atoms with Gasteiger partial charge in [0.1, 0.15) is 12.4 Å². The molecule has 0 aliphatic carbocycles. The predicted molar refractivity (Wildman–Crippen MR) is 127 cm³/mol. The van der Waals surface area contributed by atoms with Gasteiger partial charge in [-0.3, -0.25) is 0 Å². The third-order valence-electron chi connectivity index (χ3n) is 6.60. The van der Waals surface area contributed by atoms with Gasteiger partial charge in [0.15, 0.2) is 5.79 Å². The lowest BCUT2D eigenvalue weighted by Gasteiger charge is -2.34. The van der Waals surface area contributed by atoms with Crippen LogP contribution in [0.2, 0.25) is 0 Å². The lowest BCUT2D eigenvalue weighted by Crippen LogP contribution is -2.43. The SMILES string of the molecule is O=CC[C@@]12CC[C@@H](OCc3ccccc3)[C@@H](O1)[C@@H](CCCCCCOCc1ccccc1)O2. The summed E-state index contributed by atoms with van der Waals surface area (Å²) in [6.45, 7) is 2.04. The lowest BCUT2D eigenvalue weighted by molar-refractivity contribution is -0.217. The second-order valence-corrected chi connectivity index (χ2v) is 9.14. The Morgan fingerprint density at radius 3 is 2.30 bits per heavy atom. The van der Waals surface area contributed by atoms with Gasteiger partial charge in [0.05, 0.1) is 31.8 Å². The van der Waals surface area contributed by atoms with Crippen LogP contribution < -0.4 is 0 Å². The molecule has 2 saturated heterocycles. The number of carbonyl (C=O) groups excluding carboxylic acids is 1. The summed E-state index contributed by atoms with van der Waals surface area (Å²) in [5.74, 6) is -0.741. The smallest absolute Gasteiger partial charge is 0.176 e. The summed E-state index contributed by atoms with van der Waals surface area (Å²) in [5.41, 5.74) is 2.38. The summed E-state index contributed by atoms with van der Waals surface area (Å²) in [7, 11) is 0. The highest BCUT2D eigenvalue weighted by atomic mass is 16.8. The normalized spacial score (nSPS) is 26.4. The first kappa shape index (κ1) is 24.1. The summed E-state index contributed by atoms with van der Waals surface area (Å²) >= 11 is 0. The van der Waals surface area contributed by atoms with Gasteiger partial charge in [0.25, 0.3) is 0 Å². The van der Waals surface area contributed by atoms with Crippen molar-refractivity contribution in [2.75, 3.05) is 6.61 Å². The molecule has 4 rings (SSSR count). The first-order valence-corrected chi connectivity index (χ1v) is 12.3. The van der Waals surface area contributed by atoms with Crippen molar-refractivity contribution in [2.45, 2.75) is 88.7 Å². The van der Waals surface area contributed by atoms with E-state index in [1.807, 2.05) is 36.4 Å². The van der Waals surface area contributed by atoms with Crippen molar-refractivity contribution < 1.29 is 23.7 Å². The molecule has 2 aliphatic heterocycles. The van der Waals surface area contributed by atoms with E-state index in [9.17, 15) is 4.79 Å². The summed E-state index contributed by atoms with van der Waals surface area (Å²) in [4.78, 5) is 11.2. The van der Waals surface area contributed by atoms with Crippen LogP contribution in [0.15, 0.2) is 60.7 Å². The number of ether oxygens (including phenoxy) is 4. The molecule has 33 heavy (non-hydrogen) atoms. The van der Waals surface area contributed by atoms with E-state index in [0.29, 0.717) is 26.1 Å². The van der Waals surface area contributed by atoms with Crippen molar-refractivity contribution in [3.8, 4) is 0 Å². The van der Waals surface area contributed by atoms with E-state index in [0.717, 1.165) is 57.0 Å². The molecule has 2 aliphatic rings. The van der Waals surface area contributed by atoms with E-state index in [1.54, 1.807) is 0 Å². The fraction of sp³-hybridized carbons (Fsp3) is 0.536. The van der Waals surface area contributed by atoms with Gasteiger partial charge in [-0.15, -0.1) is 0 Å². The van der Waals surface area contributed by atoms with Crippen LogP contribution in [0, 0.1) is 0 Å². The number of hydrogen-bond acceptors (Lipinski definition) is 5. The van der Waals surface area contributed by atoms with Crippen LogP contribution in [0.4, 0.5) is 0 Å². The Morgan fingerprint density at radius 1 is 0.879 bits per heavy atom. The topological polar surface area (TPSA) is 54.0 Å². The Hall–Kier alpha value is -2.05. The molecule has 5 heteroatoms. The Bertz CT molecular complexity index is 827. The maximum atomic E-state index is 11.2. The summed E-state index contributed by atoms with van der Waals surface area (Å²) in [6.07, 6.45) is 8.02. The summed E-state index contributed by atoms with van der Waals surface area (Å²) < 4.78 is 24.7. The zero-order valence-electron chi connectivity index (χ0n) is 19.4. The molecule has 2 aromatic rings. The molecule has 0 N–H and O–H groups in total. The highest BCUT2D eigenvalue weighted by Gasteiger charge is 2.53. The van der Waals surface area contributed by atoms with Gasteiger partial charge >= 0.3 is 0 Å². The van der Waals surface area contributed by atoms with Crippen molar-refractivity contribution in [1.82, 2.24) is 0 Å². The van der Waals surface area contributed by atoms with Crippen LogP contribution in [0.3, 0.4) is 0 Å². The quantitative estimate of drug-likeness (QED) is 0.276. The van der Waals surface area contributed by atoms with Gasteiger partial charge in [0.2, 0.25) is 0 Å². The van der Waals surface area contributed by atoms with Gasteiger partial charge < -0.3 is 23.7 Å². The summed E-state index contributed by atoms with van der Waals surface area (Å²) in [6, 6.07) is 20.5. The molecule has 178 valence electrons. The van der Waals surface area contributed by atoms with E-state index >= 15 is 0 Å². The largest absolute Gasteiger partial charge is 0.377 e. The molecule has 2 heterocycles. The molecule has 0 amide bonds. The Labute approximate surface area is 197 Å². The van der Waals surface area contributed by atoms with Crippen LogP contribution in [0.5, 0.6) is 0 Å². The molecular weight excluding hydrogens is 416 g/mol. The Kier molecular flexibility index (Phi) is 9.07. The van der Waals surface area contributed by atoms with Gasteiger partial charge in [-0.05, 0) is 30.4 Å². The minimum absolute atomic E-state index is 0.00358. The fourth-order valence-electron chi connectivity index (χ4n) is 4.83. The average Bonchev–Trinajstić information content (AvgIpc) is 3.14. The maximum Gasteiger partial charge on any atom is 0.176 e. The molecule has 0 saturated carbocycles. The van der Waals surface area contributed by atoms with Crippen LogP contribution >= 0.6 is 0 Å². The number of benzene rings is 2. The van der Waals surface area contributed by atoms with Crippen molar-refractivity contribution in [3.63, 3.8) is 0 Å². The van der Waals surface area contributed by atoms with Gasteiger partial charge in [-0.1, -0.05) is 79.9 Å². The third kappa shape index (κ3) is 6.97. The van der Waals surface area contributed by atoms with Crippen LogP contribution in [-0.2, 0) is 37.0 Å². The summed E-state index contributed by atoms with van der Waals surface area (Å²) in [5, 5.41) is 0. The standard InChI is InChI=1S/C28H36O5/c29-19-18-28-17-16-25(31-22-24-13-7-4-8-14-24)27(33-28)26(32-28)15-9-1-2-10-20-30-21-23-11-5-3-6-12-23/h3-8,11-14,19,25-27H,1-2,9-10,15-18,20-22H2/t25-,26-,27-,28-/m1/s1. The Balaban J connectivity index is 1.17. The number of hydrogen-bond donors (Lipinski definition) is 0. The van der Waals surface area contributed by atoms with E-state index < -0.39 is 5.79 Å². The maximum absolute atomic E-state index is 11.2. The van der Waals surface area contributed by atoms with E-state index in [4.69, 9.17) is 18.9 Å². The molecule has 2 fully saturated rings. The van der Waals surface area contributed by atoms with Crippen LogP contribution in [-0.4, -0.2) is 37.0 Å². The zero-order valence-corrected chi connectivity index (χ0v) is 19.4. The van der Waals surface area contributed by atoms with Crippen molar-refractivity contribution in [3.05, 3.63) is 71.8 Å². The molecular formula is C28H36O5. The third-order valence-corrected chi connectivity index (χ3v) is 6.60. The molecule has 0 aromatic heterocycles. The minimum Gasteiger partial charge on any atom is -0.377 e. The average molecular weight is 453 g/mol. The second-order valence-electron chi connectivity index (χ2n) is 9.14. The molecule has 0 unspecified atom stereocenters. The highest BCUT2D eigenvalue weighted by Crippen LogP contribution is 2.44. The first-order chi connectivity index (χ1) is 16.3. The number of fused-ring (bicyclic) bond motifs is 2. The number of unbranched alkanes of at least 4 members (excludes halogenated alkanes) is 3. The van der Waals surface area contributed by atoms with Gasteiger partial charge in [-0.2, -0.15) is 0 Å². The number of aldehydes is 1. The van der Waals surface area contributed by atoms with Crippen LogP contribution in [0.1, 0.15) is 62.5 Å². The number of carbonyl (C=O) groups is 1. The van der Waals surface area contributed by atoms with Gasteiger partial charge in [-0.25, -0.2) is 0 Å². The number of rotatable bonds is 14. The van der Waals surface area contributed by atoms with Gasteiger partial charge in [0, 0.05) is 13.0 Å². The first-order valence-electron chi connectivity index (χ1n) is 12.3. The fourth-order valence-corrected chi connectivity index (χ4v) is 4.83. The van der Waals surface area contributed by atoms with Crippen LogP contribution in [0.25, 0.3) is 0 Å². The lowest BCUT2D eigenvalue weighted by atomic mass is 9.95. The van der Waals surface area contributed by atoms with Crippen molar-refractivity contribution in [2.24, 2.45) is 0 Å². The zero-order chi connectivity index (χ0) is 22.8. The molecule has 0 radical (unpaired) electrons. The van der Waals surface area contributed by atoms with Crippen molar-refractivity contribution in [1.29, 1.82) is 0 Å².